The summed E-state index contributed by atoms with van der Waals surface area (Å²) in [5.74, 6) is 0.441. The van der Waals surface area contributed by atoms with E-state index in [0.29, 0.717) is 11.1 Å². The van der Waals surface area contributed by atoms with Crippen molar-refractivity contribution in [2.24, 2.45) is 9.98 Å². The lowest BCUT2D eigenvalue weighted by Crippen LogP contribution is -2.27. The Morgan fingerprint density at radius 2 is 1.16 bits per heavy atom. The minimum absolute atomic E-state index is 0.0344. The number of aliphatic imine (C=N–C) groups is 2. The number of nitrogens with zero attached hydrogens (tertiary/aromatic N) is 3. The summed E-state index contributed by atoms with van der Waals surface area (Å²) in [5.41, 5.74) is 4.25. The molecule has 1 heterocycles. The molecule has 5 nitrogen and oxygen atoms in total. The highest BCUT2D eigenvalue weighted by atomic mass is 16.3. The van der Waals surface area contributed by atoms with Crippen LogP contribution in [0.5, 0.6) is 11.5 Å². The zero-order chi connectivity index (χ0) is 25.2. The van der Waals surface area contributed by atoms with E-state index in [4.69, 9.17) is 9.98 Å². The van der Waals surface area contributed by atoms with Gasteiger partial charge in [-0.1, -0.05) is 67.4 Å². The molecule has 1 aliphatic carbocycles. The molecule has 0 radical (unpaired) electrons. The minimum Gasteiger partial charge on any atom is -0.507 e. The van der Waals surface area contributed by atoms with Crippen molar-refractivity contribution in [1.82, 2.24) is 4.57 Å². The van der Waals surface area contributed by atoms with Crippen LogP contribution in [0.1, 0.15) is 36.8 Å². The van der Waals surface area contributed by atoms with E-state index in [2.05, 4.69) is 28.8 Å². The number of phenolic OH excluding ortho intramolecular Hbond substituents is 2. The topological polar surface area (TPSA) is 70.1 Å². The Labute approximate surface area is 216 Å². The highest BCUT2D eigenvalue weighted by Gasteiger charge is 2.23. The van der Waals surface area contributed by atoms with Gasteiger partial charge < -0.3 is 14.8 Å². The molecule has 0 bridgehead atoms. The zero-order valence-corrected chi connectivity index (χ0v) is 20.5. The molecule has 184 valence electrons. The number of hydrogen-bond acceptors (Lipinski definition) is 4. The van der Waals surface area contributed by atoms with Gasteiger partial charge in [-0.25, -0.2) is 0 Å². The third-order valence-corrected chi connectivity index (χ3v) is 7.31. The van der Waals surface area contributed by atoms with Crippen LogP contribution in [-0.4, -0.2) is 39.3 Å². The number of benzene rings is 4. The van der Waals surface area contributed by atoms with E-state index in [1.807, 2.05) is 54.6 Å². The third-order valence-electron chi connectivity index (χ3n) is 7.31. The SMILES string of the molecule is Oc1ccccc1C=NC1CCCCC1N=Cc1cccc(-n2c3ccccc3c3ccccc32)c1O. The molecule has 2 N–H and O–H groups in total. The van der Waals surface area contributed by atoms with E-state index < -0.39 is 0 Å². The molecule has 1 fully saturated rings. The maximum absolute atomic E-state index is 11.4. The summed E-state index contributed by atoms with van der Waals surface area (Å²) in [6.07, 6.45) is 7.69. The van der Waals surface area contributed by atoms with Crippen LogP contribution in [0.2, 0.25) is 0 Å². The molecule has 2 unspecified atom stereocenters. The summed E-state index contributed by atoms with van der Waals surface area (Å²) in [5, 5.41) is 23.8. The van der Waals surface area contributed by atoms with Gasteiger partial charge in [0.2, 0.25) is 0 Å². The van der Waals surface area contributed by atoms with Gasteiger partial charge >= 0.3 is 0 Å². The highest BCUT2D eigenvalue weighted by molar-refractivity contribution is 6.09. The Morgan fingerprint density at radius 3 is 1.81 bits per heavy atom. The van der Waals surface area contributed by atoms with Gasteiger partial charge in [-0.15, -0.1) is 0 Å². The second-order valence-electron chi connectivity index (χ2n) is 9.62. The van der Waals surface area contributed by atoms with Crippen molar-refractivity contribution in [2.45, 2.75) is 37.8 Å². The lowest BCUT2D eigenvalue weighted by Gasteiger charge is -2.25. The molecule has 0 spiro atoms. The molecular weight excluding hydrogens is 458 g/mol. The Hall–Kier alpha value is -4.38. The molecule has 0 aliphatic heterocycles. The lowest BCUT2D eigenvalue weighted by atomic mass is 9.91. The standard InChI is InChI=1S/C32H29N3O2/c36-31-19-8-1-10-22(31)20-33-26-14-4-5-15-27(26)34-21-23-11-9-18-30(32(23)37)35-28-16-6-2-12-24(28)25-13-3-7-17-29(25)35/h1-3,6-13,16-21,26-27,36-37H,4-5,14-15H2. The molecule has 4 aromatic carbocycles. The molecule has 1 saturated carbocycles. The summed E-state index contributed by atoms with van der Waals surface area (Å²) < 4.78 is 2.12. The number of hydrogen-bond donors (Lipinski definition) is 2. The molecule has 37 heavy (non-hydrogen) atoms. The van der Waals surface area contributed by atoms with Gasteiger partial charge in [0.1, 0.15) is 11.5 Å². The van der Waals surface area contributed by atoms with Gasteiger partial charge in [-0.2, -0.15) is 0 Å². The summed E-state index contributed by atoms with van der Waals surface area (Å²) >= 11 is 0. The number of rotatable bonds is 5. The molecule has 6 rings (SSSR count). The third kappa shape index (κ3) is 4.38. The first kappa shape index (κ1) is 23.0. The van der Waals surface area contributed by atoms with Crippen LogP contribution >= 0.6 is 0 Å². The number of fused-ring (bicyclic) bond motifs is 3. The summed E-state index contributed by atoms with van der Waals surface area (Å²) in [4.78, 5) is 9.70. The van der Waals surface area contributed by atoms with Gasteiger partial charge in [0.05, 0.1) is 28.8 Å². The van der Waals surface area contributed by atoms with Gasteiger partial charge in [-0.05, 0) is 49.2 Å². The van der Waals surface area contributed by atoms with Gasteiger partial charge in [0.15, 0.2) is 0 Å². The van der Waals surface area contributed by atoms with Gasteiger partial charge in [0, 0.05) is 34.3 Å². The van der Waals surface area contributed by atoms with Crippen molar-refractivity contribution >= 4 is 34.2 Å². The van der Waals surface area contributed by atoms with E-state index in [-0.39, 0.29) is 23.6 Å². The Bertz CT molecular complexity index is 1580. The van der Waals surface area contributed by atoms with Crippen LogP contribution in [0.3, 0.4) is 0 Å². The molecule has 1 aliphatic rings. The quantitative estimate of drug-likeness (QED) is 0.261. The van der Waals surface area contributed by atoms with E-state index in [0.717, 1.165) is 53.2 Å². The average molecular weight is 488 g/mol. The molecule has 1 aromatic heterocycles. The maximum atomic E-state index is 11.4. The van der Waals surface area contributed by atoms with Crippen molar-refractivity contribution in [3.05, 3.63) is 102 Å². The average Bonchev–Trinajstić information content (AvgIpc) is 3.27. The fraction of sp³-hybridized carbons (Fsp3) is 0.188. The molecule has 5 aromatic rings. The van der Waals surface area contributed by atoms with Crippen LogP contribution in [-0.2, 0) is 0 Å². The summed E-state index contributed by atoms with van der Waals surface area (Å²) in [7, 11) is 0. The predicted molar refractivity (Wildman–Crippen MR) is 152 cm³/mol. The van der Waals surface area contributed by atoms with E-state index in [9.17, 15) is 10.2 Å². The van der Waals surface area contributed by atoms with E-state index >= 15 is 0 Å². The second-order valence-corrected chi connectivity index (χ2v) is 9.62. The van der Waals surface area contributed by atoms with Crippen molar-refractivity contribution in [3.8, 4) is 17.2 Å². The highest BCUT2D eigenvalue weighted by Crippen LogP contribution is 2.36. The molecule has 2 atom stereocenters. The van der Waals surface area contributed by atoms with Crippen molar-refractivity contribution < 1.29 is 10.2 Å². The first-order valence-corrected chi connectivity index (χ1v) is 12.9. The first-order valence-electron chi connectivity index (χ1n) is 12.9. The van der Waals surface area contributed by atoms with E-state index in [1.165, 1.54) is 0 Å². The minimum atomic E-state index is 0.0344. The van der Waals surface area contributed by atoms with Gasteiger partial charge in [-0.3, -0.25) is 9.98 Å². The fourth-order valence-corrected chi connectivity index (χ4v) is 5.40. The van der Waals surface area contributed by atoms with E-state index in [1.54, 1.807) is 24.6 Å². The molecular formula is C32H29N3O2. The molecule has 0 saturated heterocycles. The van der Waals surface area contributed by atoms with Crippen LogP contribution < -0.4 is 0 Å². The Kier molecular flexibility index (Phi) is 6.19. The van der Waals surface area contributed by atoms with Crippen molar-refractivity contribution in [2.75, 3.05) is 0 Å². The molecule has 0 amide bonds. The summed E-state index contributed by atoms with van der Waals surface area (Å²) in [6, 6.07) is 29.7. The summed E-state index contributed by atoms with van der Waals surface area (Å²) in [6.45, 7) is 0. The van der Waals surface area contributed by atoms with Crippen LogP contribution in [0.15, 0.2) is 101 Å². The normalized spacial score (nSPS) is 18.4. The van der Waals surface area contributed by atoms with Crippen molar-refractivity contribution in [1.29, 1.82) is 0 Å². The monoisotopic (exact) mass is 487 g/mol. The zero-order valence-electron chi connectivity index (χ0n) is 20.5. The second kappa shape index (κ2) is 9.94. The largest absolute Gasteiger partial charge is 0.507 e. The number of phenols is 2. The van der Waals surface area contributed by atoms with Crippen molar-refractivity contribution in [3.63, 3.8) is 0 Å². The maximum Gasteiger partial charge on any atom is 0.148 e. The number of aromatic hydroxyl groups is 2. The number of para-hydroxylation sites is 4. The Balaban J connectivity index is 1.34. The van der Waals surface area contributed by atoms with Gasteiger partial charge in [0.25, 0.3) is 0 Å². The Morgan fingerprint density at radius 1 is 0.622 bits per heavy atom. The van der Waals surface area contributed by atoms with Crippen LogP contribution in [0, 0.1) is 0 Å². The first-order chi connectivity index (χ1) is 18.2. The fourth-order valence-electron chi connectivity index (χ4n) is 5.40. The molecule has 5 heteroatoms. The predicted octanol–water partition coefficient (Wildman–Crippen LogP) is 7.04. The number of aromatic nitrogens is 1. The van der Waals surface area contributed by atoms with Crippen LogP contribution in [0.25, 0.3) is 27.5 Å². The lowest BCUT2D eigenvalue weighted by molar-refractivity contribution is 0.390. The smallest absolute Gasteiger partial charge is 0.148 e. The van der Waals surface area contributed by atoms with Crippen LogP contribution in [0.4, 0.5) is 0 Å².